The van der Waals surface area contributed by atoms with Crippen molar-refractivity contribution in [1.29, 1.82) is 0 Å². The average molecular weight is 276 g/mol. The largest absolute Gasteiger partial charge is 0.473 e. The maximum atomic E-state index is 13.6. The molecule has 2 atom stereocenters. The van der Waals surface area contributed by atoms with E-state index in [1.807, 2.05) is 0 Å². The Hall–Kier alpha value is -1.70. The number of fused-ring (bicyclic) bond motifs is 2. The molecule has 2 N–H and O–H groups in total. The van der Waals surface area contributed by atoms with Crippen LogP contribution >= 0.6 is 0 Å². The van der Waals surface area contributed by atoms with Crippen LogP contribution in [0.25, 0.3) is 0 Å². The molecule has 108 valence electrons. The molecule has 19 heavy (non-hydrogen) atoms. The molecule has 0 aromatic heterocycles. The van der Waals surface area contributed by atoms with E-state index in [4.69, 9.17) is 19.8 Å². The van der Waals surface area contributed by atoms with Gasteiger partial charge in [0.2, 0.25) is 5.97 Å². The normalized spacial score (nSPS) is 29.2. The van der Waals surface area contributed by atoms with E-state index in [0.717, 1.165) is 38.9 Å². The van der Waals surface area contributed by atoms with Crippen molar-refractivity contribution in [3.8, 4) is 0 Å². The molecule has 0 spiro atoms. The molecule has 7 nitrogen and oxygen atoms in total. The number of rotatable bonds is 2. The van der Waals surface area contributed by atoms with E-state index in [0.29, 0.717) is 0 Å². The molecule has 2 aliphatic heterocycles. The predicted molar refractivity (Wildman–Crippen MR) is 63.5 cm³/mol. The van der Waals surface area contributed by atoms with Gasteiger partial charge < -0.3 is 20.0 Å². The Morgan fingerprint density at radius 2 is 1.89 bits per heavy atom. The smallest absolute Gasteiger partial charge is 0.414 e. The molecule has 2 heterocycles. The summed E-state index contributed by atoms with van der Waals surface area (Å²) in [5.41, 5.74) is -0.311. The van der Waals surface area contributed by atoms with Crippen molar-refractivity contribution >= 4 is 17.9 Å². The predicted octanol–water partition coefficient (Wildman–Crippen LogP) is 0.557. The Bertz CT molecular complexity index is 371. The summed E-state index contributed by atoms with van der Waals surface area (Å²) in [7, 11) is 1.39. The van der Waals surface area contributed by atoms with E-state index >= 15 is 0 Å². The molecular weight excluding hydrogens is 259 g/mol. The average Bonchev–Trinajstić information content (AvgIpc) is 2.67. The second kappa shape index (κ2) is 6.46. The highest BCUT2D eigenvalue weighted by atomic mass is 19.1. The van der Waals surface area contributed by atoms with Crippen LogP contribution in [0.15, 0.2) is 5.16 Å². The van der Waals surface area contributed by atoms with Crippen LogP contribution in [-0.4, -0.2) is 59.8 Å². The monoisotopic (exact) mass is 276 g/mol. The van der Waals surface area contributed by atoms with Crippen molar-refractivity contribution in [2.75, 3.05) is 26.7 Å². The van der Waals surface area contributed by atoms with Gasteiger partial charge in [-0.15, -0.1) is 0 Å². The lowest BCUT2D eigenvalue weighted by Crippen LogP contribution is -2.37. The third kappa shape index (κ3) is 3.88. The second-order valence-corrected chi connectivity index (χ2v) is 4.59. The minimum atomic E-state index is -1.82. The lowest BCUT2D eigenvalue weighted by molar-refractivity contribution is -0.159. The minimum absolute atomic E-state index is 0.308. The first-order chi connectivity index (χ1) is 8.91. The summed E-state index contributed by atoms with van der Waals surface area (Å²) >= 11 is 0. The third-order valence-electron chi connectivity index (χ3n) is 3.35. The van der Waals surface area contributed by atoms with Crippen molar-refractivity contribution < 1.29 is 29.0 Å². The molecule has 0 radical (unpaired) electrons. The fraction of sp³-hybridized carbons (Fsp3) is 0.727. The first-order valence-electron chi connectivity index (χ1n) is 5.87. The molecule has 8 heteroatoms. The van der Waals surface area contributed by atoms with Crippen molar-refractivity contribution in [2.45, 2.75) is 19.3 Å². The topological polar surface area (TPSA) is 99.4 Å². The molecule has 0 aromatic carbocycles. The number of halogens is 1. The lowest BCUT2D eigenvalue weighted by atomic mass is 9.81. The van der Waals surface area contributed by atoms with Gasteiger partial charge in [0.25, 0.3) is 0 Å². The van der Waals surface area contributed by atoms with Crippen LogP contribution < -0.4 is 0 Å². The number of piperidine rings is 1. The SMILES string of the molecule is CON=C(F)C12CCCN(CC1)C2.O=C(O)C(=O)O. The summed E-state index contributed by atoms with van der Waals surface area (Å²) in [6, 6.07) is 0. The first kappa shape index (κ1) is 15.4. The minimum Gasteiger partial charge on any atom is -0.473 e. The standard InChI is InChI=1S/C9H15FN2O.C2H2O4/c1-13-11-8(10)9-3-2-5-12(7-9)6-4-9;3-1(4)2(5)6/h2-7H2,1H3;(H,3,4)(H,5,6). The van der Waals surface area contributed by atoms with Crippen LogP contribution in [-0.2, 0) is 14.4 Å². The number of aliphatic carboxylic acids is 2. The molecule has 2 saturated heterocycles. The molecule has 2 bridgehead atoms. The Kier molecular flexibility index (Phi) is 5.22. The number of carboxylic acid groups (broad SMARTS) is 2. The number of carboxylic acids is 2. The van der Waals surface area contributed by atoms with Crippen molar-refractivity contribution in [1.82, 2.24) is 4.90 Å². The van der Waals surface area contributed by atoms with Gasteiger partial charge in [0.15, 0.2) is 0 Å². The van der Waals surface area contributed by atoms with Gasteiger partial charge in [-0.2, -0.15) is 4.39 Å². The van der Waals surface area contributed by atoms with Gasteiger partial charge in [0.05, 0.1) is 5.41 Å². The zero-order valence-corrected chi connectivity index (χ0v) is 10.6. The Morgan fingerprint density at radius 1 is 1.26 bits per heavy atom. The van der Waals surface area contributed by atoms with Gasteiger partial charge in [0, 0.05) is 6.54 Å². The number of nitrogens with zero attached hydrogens (tertiary/aromatic N) is 2. The molecule has 0 aliphatic carbocycles. The van der Waals surface area contributed by atoms with Crippen LogP contribution in [0.2, 0.25) is 0 Å². The maximum Gasteiger partial charge on any atom is 0.414 e. The number of hydrogen-bond donors (Lipinski definition) is 2. The highest BCUT2D eigenvalue weighted by molar-refractivity contribution is 6.27. The van der Waals surface area contributed by atoms with Crippen LogP contribution in [0.4, 0.5) is 4.39 Å². The summed E-state index contributed by atoms with van der Waals surface area (Å²) in [5.74, 6) is -3.96. The Morgan fingerprint density at radius 3 is 2.42 bits per heavy atom. The molecule has 0 saturated carbocycles. The zero-order valence-electron chi connectivity index (χ0n) is 10.6. The molecule has 2 aliphatic rings. The van der Waals surface area contributed by atoms with Crippen molar-refractivity contribution in [3.63, 3.8) is 0 Å². The van der Waals surface area contributed by atoms with E-state index in [-0.39, 0.29) is 11.4 Å². The summed E-state index contributed by atoms with van der Waals surface area (Å²) < 4.78 is 13.6. The third-order valence-corrected chi connectivity index (χ3v) is 3.35. The van der Waals surface area contributed by atoms with E-state index in [1.165, 1.54) is 7.11 Å². The molecule has 0 aromatic rings. The quantitative estimate of drug-likeness (QED) is 0.434. The van der Waals surface area contributed by atoms with E-state index in [2.05, 4.69) is 14.9 Å². The number of hydrogen-bond acceptors (Lipinski definition) is 5. The highest BCUT2D eigenvalue weighted by Gasteiger charge is 2.45. The highest BCUT2D eigenvalue weighted by Crippen LogP contribution is 2.40. The van der Waals surface area contributed by atoms with Gasteiger partial charge in [-0.3, -0.25) is 0 Å². The van der Waals surface area contributed by atoms with Crippen LogP contribution in [0.3, 0.4) is 0 Å². The molecular formula is C11H17FN2O5. The van der Waals surface area contributed by atoms with Crippen molar-refractivity contribution in [2.24, 2.45) is 10.6 Å². The second-order valence-electron chi connectivity index (χ2n) is 4.59. The summed E-state index contributed by atoms with van der Waals surface area (Å²) in [5, 5.41) is 18.2. The molecule has 2 rings (SSSR count). The van der Waals surface area contributed by atoms with Gasteiger partial charge >= 0.3 is 11.9 Å². The van der Waals surface area contributed by atoms with Crippen LogP contribution in [0, 0.1) is 5.41 Å². The number of carbonyl (C=O) groups is 2. The molecule has 2 unspecified atom stereocenters. The molecule has 0 amide bonds. The molecule has 2 fully saturated rings. The van der Waals surface area contributed by atoms with Gasteiger partial charge in [0.1, 0.15) is 7.11 Å². The van der Waals surface area contributed by atoms with Crippen LogP contribution in [0.1, 0.15) is 19.3 Å². The summed E-state index contributed by atoms with van der Waals surface area (Å²) in [4.78, 5) is 25.0. The fourth-order valence-corrected chi connectivity index (χ4v) is 2.44. The lowest BCUT2D eigenvalue weighted by Gasteiger charge is -2.30. The van der Waals surface area contributed by atoms with E-state index in [1.54, 1.807) is 0 Å². The Labute approximate surface area is 109 Å². The zero-order chi connectivity index (χ0) is 14.5. The van der Waals surface area contributed by atoms with Crippen molar-refractivity contribution in [3.05, 3.63) is 0 Å². The van der Waals surface area contributed by atoms with Gasteiger partial charge in [-0.25, -0.2) is 9.59 Å². The number of oxime groups is 1. The fourth-order valence-electron chi connectivity index (χ4n) is 2.44. The first-order valence-corrected chi connectivity index (χ1v) is 5.87. The Balaban J connectivity index is 0.000000258. The maximum absolute atomic E-state index is 13.6. The van der Waals surface area contributed by atoms with Gasteiger partial charge in [-0.1, -0.05) is 5.16 Å². The van der Waals surface area contributed by atoms with E-state index in [9.17, 15) is 4.39 Å². The van der Waals surface area contributed by atoms with E-state index < -0.39 is 11.9 Å². The van der Waals surface area contributed by atoms with Crippen LogP contribution in [0.5, 0.6) is 0 Å². The summed E-state index contributed by atoms with van der Waals surface area (Å²) in [6.07, 6.45) is 2.89. The van der Waals surface area contributed by atoms with Gasteiger partial charge in [-0.05, 0) is 32.4 Å². The summed E-state index contributed by atoms with van der Waals surface area (Å²) in [6.45, 7) is 2.94.